The zero-order valence-corrected chi connectivity index (χ0v) is 11.2. The fourth-order valence-corrected chi connectivity index (χ4v) is 2.31. The lowest BCUT2D eigenvalue weighted by Crippen LogP contribution is -2.43. The smallest absolute Gasteiger partial charge is 0.255 e. The van der Waals surface area contributed by atoms with Gasteiger partial charge in [-0.2, -0.15) is 0 Å². The average Bonchev–Trinajstić information content (AvgIpc) is 2.74. The molecule has 1 saturated heterocycles. The molecule has 1 aliphatic heterocycles. The van der Waals surface area contributed by atoms with Crippen LogP contribution in [0.2, 0.25) is 0 Å². The molecule has 0 aromatic heterocycles. The molecule has 6 heteroatoms. The molecule has 98 valence electrons. The Bertz CT molecular complexity index is 440. The van der Waals surface area contributed by atoms with E-state index in [2.05, 4.69) is 21.2 Å². The van der Waals surface area contributed by atoms with Gasteiger partial charge >= 0.3 is 0 Å². The first-order valence-electron chi connectivity index (χ1n) is 5.54. The van der Waals surface area contributed by atoms with Crippen LogP contribution in [0.5, 0.6) is 0 Å². The van der Waals surface area contributed by atoms with E-state index in [4.69, 9.17) is 4.74 Å². The summed E-state index contributed by atoms with van der Waals surface area (Å²) in [7, 11) is 0. The largest absolute Gasteiger partial charge is 0.386 e. The number of halogens is 2. The quantitative estimate of drug-likeness (QED) is 0.887. The Labute approximate surface area is 112 Å². The van der Waals surface area contributed by atoms with Crippen molar-refractivity contribution in [1.29, 1.82) is 0 Å². The summed E-state index contributed by atoms with van der Waals surface area (Å²) in [6, 6.07) is 4.31. The summed E-state index contributed by atoms with van der Waals surface area (Å²) < 4.78 is 19.0. The topological polar surface area (TPSA) is 58.6 Å². The van der Waals surface area contributed by atoms with E-state index >= 15 is 0 Å². The Kier molecular flexibility index (Phi) is 3.99. The average molecular weight is 318 g/mol. The summed E-state index contributed by atoms with van der Waals surface area (Å²) in [4.78, 5) is 11.9. The van der Waals surface area contributed by atoms with Crippen LogP contribution in [0, 0.1) is 5.82 Å². The molecular formula is C12H13BrFNO3. The third kappa shape index (κ3) is 2.88. The van der Waals surface area contributed by atoms with E-state index in [9.17, 15) is 14.3 Å². The molecule has 2 N–H and O–H groups in total. The SMILES string of the molecule is O=C(NCC1(O)CCOC1)c1c(F)cccc1Br. The van der Waals surface area contributed by atoms with Crippen LogP contribution in [0.15, 0.2) is 22.7 Å². The molecule has 1 aromatic carbocycles. The molecule has 1 fully saturated rings. The van der Waals surface area contributed by atoms with Gasteiger partial charge in [-0.15, -0.1) is 0 Å². The number of ether oxygens (including phenoxy) is 1. The van der Waals surface area contributed by atoms with Crippen molar-refractivity contribution in [2.45, 2.75) is 12.0 Å². The van der Waals surface area contributed by atoms with Crippen molar-refractivity contribution in [2.24, 2.45) is 0 Å². The van der Waals surface area contributed by atoms with Gasteiger partial charge in [0.1, 0.15) is 11.4 Å². The molecule has 0 aliphatic carbocycles. The summed E-state index contributed by atoms with van der Waals surface area (Å²) in [5.74, 6) is -1.16. The van der Waals surface area contributed by atoms with Crippen LogP contribution in [0.3, 0.4) is 0 Å². The third-order valence-electron chi connectivity index (χ3n) is 2.85. The fraction of sp³-hybridized carbons (Fsp3) is 0.417. The van der Waals surface area contributed by atoms with Crippen molar-refractivity contribution in [3.63, 3.8) is 0 Å². The monoisotopic (exact) mass is 317 g/mol. The summed E-state index contributed by atoms with van der Waals surface area (Å²) >= 11 is 3.13. The molecule has 1 atom stereocenters. The van der Waals surface area contributed by atoms with Crippen molar-refractivity contribution in [3.8, 4) is 0 Å². The molecule has 1 heterocycles. The van der Waals surface area contributed by atoms with Crippen LogP contribution >= 0.6 is 15.9 Å². The van der Waals surface area contributed by atoms with Crippen LogP contribution < -0.4 is 5.32 Å². The van der Waals surface area contributed by atoms with Crippen LogP contribution in [-0.2, 0) is 4.74 Å². The minimum Gasteiger partial charge on any atom is -0.386 e. The lowest BCUT2D eigenvalue weighted by atomic mass is 10.0. The lowest BCUT2D eigenvalue weighted by Gasteiger charge is -2.20. The third-order valence-corrected chi connectivity index (χ3v) is 3.51. The second-order valence-corrected chi connectivity index (χ2v) is 5.16. The first kappa shape index (κ1) is 13.5. The zero-order valence-electron chi connectivity index (χ0n) is 9.58. The first-order chi connectivity index (χ1) is 8.52. The van der Waals surface area contributed by atoms with E-state index in [1.807, 2.05) is 0 Å². The molecule has 4 nitrogen and oxygen atoms in total. The number of rotatable bonds is 3. The maximum Gasteiger partial charge on any atom is 0.255 e. The van der Waals surface area contributed by atoms with Gasteiger partial charge in [0.2, 0.25) is 0 Å². The summed E-state index contributed by atoms with van der Waals surface area (Å²) in [6.45, 7) is 0.702. The van der Waals surface area contributed by atoms with Gasteiger partial charge in [-0.3, -0.25) is 4.79 Å². The van der Waals surface area contributed by atoms with E-state index < -0.39 is 17.3 Å². The van der Waals surface area contributed by atoms with Crippen LogP contribution in [0.4, 0.5) is 4.39 Å². The number of amides is 1. The molecule has 0 radical (unpaired) electrons. The summed E-state index contributed by atoms with van der Waals surface area (Å²) in [5, 5.41) is 12.5. The molecule has 0 saturated carbocycles. The van der Waals surface area contributed by atoms with E-state index in [1.165, 1.54) is 12.1 Å². The van der Waals surface area contributed by atoms with Crippen molar-refractivity contribution < 1.29 is 19.0 Å². The highest BCUT2D eigenvalue weighted by Crippen LogP contribution is 2.21. The normalized spacial score (nSPS) is 23.1. The summed E-state index contributed by atoms with van der Waals surface area (Å²) in [5.41, 5.74) is -1.10. The molecule has 2 rings (SSSR count). The highest BCUT2D eigenvalue weighted by atomic mass is 79.9. The van der Waals surface area contributed by atoms with Crippen LogP contribution in [0.25, 0.3) is 0 Å². The molecule has 1 amide bonds. The van der Waals surface area contributed by atoms with E-state index in [1.54, 1.807) is 6.07 Å². The predicted molar refractivity (Wildman–Crippen MR) is 66.8 cm³/mol. The van der Waals surface area contributed by atoms with Gasteiger partial charge in [-0.05, 0) is 28.1 Å². The van der Waals surface area contributed by atoms with E-state index in [0.29, 0.717) is 17.5 Å². The Morgan fingerprint density at radius 2 is 2.39 bits per heavy atom. The molecule has 1 aromatic rings. The molecule has 1 unspecified atom stereocenters. The zero-order chi connectivity index (χ0) is 13.2. The van der Waals surface area contributed by atoms with Gasteiger partial charge in [-0.1, -0.05) is 6.07 Å². The first-order valence-corrected chi connectivity index (χ1v) is 6.33. The predicted octanol–water partition coefficient (Wildman–Crippen LogP) is 1.47. The Morgan fingerprint density at radius 1 is 1.61 bits per heavy atom. The van der Waals surface area contributed by atoms with Crippen molar-refractivity contribution in [2.75, 3.05) is 19.8 Å². The minimum absolute atomic E-state index is 0.0482. The van der Waals surface area contributed by atoms with Gasteiger partial charge < -0.3 is 15.2 Å². The summed E-state index contributed by atoms with van der Waals surface area (Å²) in [6.07, 6.45) is 0.464. The number of carbonyl (C=O) groups excluding carboxylic acids is 1. The number of benzene rings is 1. The van der Waals surface area contributed by atoms with Crippen molar-refractivity contribution in [3.05, 3.63) is 34.1 Å². The van der Waals surface area contributed by atoms with E-state index in [0.717, 1.165) is 0 Å². The second kappa shape index (κ2) is 5.34. The standard InChI is InChI=1S/C12H13BrFNO3/c13-8-2-1-3-9(14)10(8)11(16)15-6-12(17)4-5-18-7-12/h1-3,17H,4-7H2,(H,15,16). The van der Waals surface area contributed by atoms with Crippen LogP contribution in [0.1, 0.15) is 16.8 Å². The Morgan fingerprint density at radius 3 is 3.00 bits per heavy atom. The van der Waals surface area contributed by atoms with E-state index in [-0.39, 0.29) is 18.7 Å². The Hall–Kier alpha value is -0.980. The van der Waals surface area contributed by atoms with Gasteiger partial charge in [-0.25, -0.2) is 4.39 Å². The molecule has 18 heavy (non-hydrogen) atoms. The van der Waals surface area contributed by atoms with Crippen LogP contribution in [-0.4, -0.2) is 36.4 Å². The fourth-order valence-electron chi connectivity index (χ4n) is 1.78. The Balaban J connectivity index is 2.04. The molecule has 0 spiro atoms. The van der Waals surface area contributed by atoms with Gasteiger partial charge in [0.05, 0.1) is 12.2 Å². The molecule has 1 aliphatic rings. The van der Waals surface area contributed by atoms with Gasteiger partial charge in [0.15, 0.2) is 0 Å². The van der Waals surface area contributed by atoms with Gasteiger partial charge in [0, 0.05) is 24.0 Å². The lowest BCUT2D eigenvalue weighted by molar-refractivity contribution is 0.0264. The van der Waals surface area contributed by atoms with Crippen molar-refractivity contribution >= 4 is 21.8 Å². The van der Waals surface area contributed by atoms with Gasteiger partial charge in [0.25, 0.3) is 5.91 Å². The number of aliphatic hydroxyl groups is 1. The maximum atomic E-state index is 13.5. The number of carbonyl (C=O) groups is 1. The molecule has 0 bridgehead atoms. The maximum absolute atomic E-state index is 13.5. The number of nitrogens with one attached hydrogen (secondary N) is 1. The highest BCUT2D eigenvalue weighted by molar-refractivity contribution is 9.10. The van der Waals surface area contributed by atoms with Crippen molar-refractivity contribution in [1.82, 2.24) is 5.32 Å². The minimum atomic E-state index is -1.05. The molecular weight excluding hydrogens is 305 g/mol. The number of hydrogen-bond donors (Lipinski definition) is 2. The number of hydrogen-bond acceptors (Lipinski definition) is 3. The second-order valence-electron chi connectivity index (χ2n) is 4.31. The highest BCUT2D eigenvalue weighted by Gasteiger charge is 2.33.